The zero-order valence-corrected chi connectivity index (χ0v) is 12.9. The largest absolute Gasteiger partial charge is 0.374 e. The molecule has 0 spiro atoms. The molecule has 1 N–H and O–H groups in total. The van der Waals surface area contributed by atoms with Crippen LogP contribution in [-0.2, 0) is 6.54 Å². The van der Waals surface area contributed by atoms with E-state index in [0.717, 1.165) is 19.6 Å². The van der Waals surface area contributed by atoms with E-state index in [4.69, 9.17) is 0 Å². The molecule has 0 saturated carbocycles. The minimum atomic E-state index is 0.976. The minimum absolute atomic E-state index is 0.976. The lowest BCUT2D eigenvalue weighted by Crippen LogP contribution is -2.21. The van der Waals surface area contributed by atoms with Crippen LogP contribution in [-0.4, -0.2) is 32.1 Å². The SMILES string of the molecule is CCCNCc1ccc(N(C)CCSC)c(C)c1. The maximum absolute atomic E-state index is 3.44. The zero-order valence-electron chi connectivity index (χ0n) is 12.1. The Morgan fingerprint density at radius 2 is 2.11 bits per heavy atom. The van der Waals surface area contributed by atoms with Crippen LogP contribution in [0.1, 0.15) is 24.5 Å². The van der Waals surface area contributed by atoms with E-state index in [-0.39, 0.29) is 0 Å². The normalized spacial score (nSPS) is 10.7. The predicted octanol–water partition coefficient (Wildman–Crippen LogP) is 3.29. The highest BCUT2D eigenvalue weighted by Gasteiger charge is 2.04. The van der Waals surface area contributed by atoms with Crippen LogP contribution in [0.3, 0.4) is 0 Å². The van der Waals surface area contributed by atoms with Gasteiger partial charge in [0.1, 0.15) is 0 Å². The molecule has 0 aromatic heterocycles. The fraction of sp³-hybridized carbons (Fsp3) is 0.600. The van der Waals surface area contributed by atoms with Crippen molar-refractivity contribution >= 4 is 17.4 Å². The molecule has 0 bridgehead atoms. The van der Waals surface area contributed by atoms with Gasteiger partial charge in [0.2, 0.25) is 0 Å². The molecule has 0 amide bonds. The Morgan fingerprint density at radius 1 is 1.33 bits per heavy atom. The standard InChI is InChI=1S/C15H26N2S/c1-5-8-16-12-14-6-7-15(13(2)11-14)17(3)9-10-18-4/h6-7,11,16H,5,8-10,12H2,1-4H3. The molecule has 102 valence electrons. The molecule has 1 aromatic carbocycles. The van der Waals surface area contributed by atoms with Crippen LogP contribution in [0.5, 0.6) is 0 Å². The van der Waals surface area contributed by atoms with Gasteiger partial charge >= 0.3 is 0 Å². The molecule has 0 saturated heterocycles. The van der Waals surface area contributed by atoms with Crippen molar-refractivity contribution in [2.24, 2.45) is 0 Å². The summed E-state index contributed by atoms with van der Waals surface area (Å²) in [4.78, 5) is 2.34. The van der Waals surface area contributed by atoms with E-state index in [1.165, 1.54) is 29.0 Å². The molecule has 0 unspecified atom stereocenters. The lowest BCUT2D eigenvalue weighted by molar-refractivity contribution is 0.675. The lowest BCUT2D eigenvalue weighted by atomic mass is 10.1. The summed E-state index contributed by atoms with van der Waals surface area (Å²) in [5.74, 6) is 1.18. The molecule has 18 heavy (non-hydrogen) atoms. The molecule has 3 heteroatoms. The number of nitrogens with one attached hydrogen (secondary N) is 1. The maximum Gasteiger partial charge on any atom is 0.0393 e. The number of benzene rings is 1. The average molecular weight is 266 g/mol. The number of hydrogen-bond donors (Lipinski definition) is 1. The number of nitrogens with zero attached hydrogens (tertiary/aromatic N) is 1. The summed E-state index contributed by atoms with van der Waals surface area (Å²) in [5, 5.41) is 3.44. The Balaban J connectivity index is 2.61. The molecule has 2 nitrogen and oxygen atoms in total. The first-order valence-corrected chi connectivity index (χ1v) is 8.08. The van der Waals surface area contributed by atoms with Crippen LogP contribution in [0.2, 0.25) is 0 Å². The van der Waals surface area contributed by atoms with Crippen LogP contribution in [0.4, 0.5) is 5.69 Å². The Hall–Kier alpha value is -0.670. The third-order valence-electron chi connectivity index (χ3n) is 3.06. The van der Waals surface area contributed by atoms with Crippen molar-refractivity contribution < 1.29 is 0 Å². The van der Waals surface area contributed by atoms with Gasteiger partial charge in [-0.15, -0.1) is 0 Å². The van der Waals surface area contributed by atoms with E-state index in [2.05, 4.69) is 55.6 Å². The van der Waals surface area contributed by atoms with Crippen molar-refractivity contribution in [3.63, 3.8) is 0 Å². The molecule has 0 aliphatic carbocycles. The smallest absolute Gasteiger partial charge is 0.0393 e. The average Bonchev–Trinajstić information content (AvgIpc) is 2.36. The minimum Gasteiger partial charge on any atom is -0.374 e. The highest BCUT2D eigenvalue weighted by Crippen LogP contribution is 2.20. The second kappa shape index (κ2) is 8.44. The topological polar surface area (TPSA) is 15.3 Å². The van der Waals surface area contributed by atoms with E-state index in [1.807, 2.05) is 11.8 Å². The van der Waals surface area contributed by atoms with Crippen molar-refractivity contribution in [2.75, 3.05) is 37.0 Å². The van der Waals surface area contributed by atoms with E-state index >= 15 is 0 Å². The van der Waals surface area contributed by atoms with Gasteiger partial charge < -0.3 is 10.2 Å². The Bertz CT molecular complexity index is 352. The second-order valence-electron chi connectivity index (χ2n) is 4.71. The summed E-state index contributed by atoms with van der Waals surface area (Å²) in [6.07, 6.45) is 3.34. The Morgan fingerprint density at radius 3 is 2.72 bits per heavy atom. The van der Waals surface area contributed by atoms with Gasteiger partial charge in [0, 0.05) is 31.6 Å². The van der Waals surface area contributed by atoms with Crippen LogP contribution in [0.15, 0.2) is 18.2 Å². The van der Waals surface area contributed by atoms with Gasteiger partial charge in [-0.1, -0.05) is 19.1 Å². The van der Waals surface area contributed by atoms with Crippen LogP contribution >= 0.6 is 11.8 Å². The Kier molecular flexibility index (Phi) is 7.21. The van der Waals surface area contributed by atoms with Gasteiger partial charge in [0.15, 0.2) is 0 Å². The highest BCUT2D eigenvalue weighted by molar-refractivity contribution is 7.98. The number of anilines is 1. The molecule has 1 rings (SSSR count). The van der Waals surface area contributed by atoms with Gasteiger partial charge in [-0.05, 0) is 43.3 Å². The van der Waals surface area contributed by atoms with E-state index < -0.39 is 0 Å². The third-order valence-corrected chi connectivity index (χ3v) is 3.65. The molecular weight excluding hydrogens is 240 g/mol. The van der Waals surface area contributed by atoms with Gasteiger partial charge in [-0.3, -0.25) is 0 Å². The van der Waals surface area contributed by atoms with E-state index in [1.54, 1.807) is 0 Å². The third kappa shape index (κ3) is 4.91. The van der Waals surface area contributed by atoms with Gasteiger partial charge in [-0.25, -0.2) is 0 Å². The van der Waals surface area contributed by atoms with Crippen LogP contribution in [0, 0.1) is 6.92 Å². The summed E-state index contributed by atoms with van der Waals surface area (Å²) in [6, 6.07) is 6.78. The Labute approximate surface area is 116 Å². The molecule has 0 aliphatic rings. The molecule has 0 radical (unpaired) electrons. The number of thioether (sulfide) groups is 1. The summed E-state index contributed by atoms with van der Waals surface area (Å²) in [6.45, 7) is 7.57. The first-order valence-electron chi connectivity index (χ1n) is 6.69. The lowest BCUT2D eigenvalue weighted by Gasteiger charge is -2.21. The van der Waals surface area contributed by atoms with Crippen molar-refractivity contribution in [3.8, 4) is 0 Å². The van der Waals surface area contributed by atoms with Crippen molar-refractivity contribution in [1.29, 1.82) is 0 Å². The number of aryl methyl sites for hydroxylation is 1. The summed E-state index contributed by atoms with van der Waals surface area (Å²) in [5.41, 5.74) is 4.10. The predicted molar refractivity (Wildman–Crippen MR) is 84.8 cm³/mol. The first kappa shape index (κ1) is 15.4. The quantitative estimate of drug-likeness (QED) is 0.727. The molecule has 0 atom stereocenters. The molecule has 0 fully saturated rings. The van der Waals surface area contributed by atoms with Gasteiger partial charge in [0.25, 0.3) is 0 Å². The summed E-state index contributed by atoms with van der Waals surface area (Å²) >= 11 is 1.90. The van der Waals surface area contributed by atoms with E-state index in [0.29, 0.717) is 0 Å². The molecule has 0 heterocycles. The fourth-order valence-electron chi connectivity index (χ4n) is 2.01. The van der Waals surface area contributed by atoms with Crippen molar-refractivity contribution in [2.45, 2.75) is 26.8 Å². The van der Waals surface area contributed by atoms with Crippen LogP contribution < -0.4 is 10.2 Å². The van der Waals surface area contributed by atoms with Crippen molar-refractivity contribution in [3.05, 3.63) is 29.3 Å². The number of hydrogen-bond acceptors (Lipinski definition) is 3. The summed E-state index contributed by atoms with van der Waals surface area (Å²) < 4.78 is 0. The fourth-order valence-corrected chi connectivity index (χ4v) is 2.47. The van der Waals surface area contributed by atoms with Crippen molar-refractivity contribution in [1.82, 2.24) is 5.32 Å². The molecule has 0 aliphatic heterocycles. The second-order valence-corrected chi connectivity index (χ2v) is 5.70. The maximum atomic E-state index is 3.44. The first-order chi connectivity index (χ1) is 8.69. The molecule has 1 aromatic rings. The monoisotopic (exact) mass is 266 g/mol. The summed E-state index contributed by atoms with van der Waals surface area (Å²) in [7, 11) is 2.17. The zero-order chi connectivity index (χ0) is 13.4. The van der Waals surface area contributed by atoms with Crippen LogP contribution in [0.25, 0.3) is 0 Å². The van der Waals surface area contributed by atoms with Gasteiger partial charge in [-0.2, -0.15) is 11.8 Å². The number of rotatable bonds is 8. The van der Waals surface area contributed by atoms with Gasteiger partial charge in [0.05, 0.1) is 0 Å². The van der Waals surface area contributed by atoms with E-state index in [9.17, 15) is 0 Å². The molecular formula is C15H26N2S. The highest BCUT2D eigenvalue weighted by atomic mass is 32.2.